The van der Waals surface area contributed by atoms with Gasteiger partial charge >= 0.3 is 0 Å². The van der Waals surface area contributed by atoms with E-state index < -0.39 is 0 Å². The molecule has 0 aliphatic carbocycles. The van der Waals surface area contributed by atoms with E-state index >= 15 is 0 Å². The zero-order chi connectivity index (χ0) is 13.2. The van der Waals surface area contributed by atoms with Gasteiger partial charge in [-0.3, -0.25) is 14.5 Å². The first-order valence-corrected chi connectivity index (χ1v) is 7.37. The second-order valence-corrected chi connectivity index (χ2v) is 5.81. The summed E-state index contributed by atoms with van der Waals surface area (Å²) in [5.74, 6) is 0.642. The molecule has 3 saturated heterocycles. The number of hydrogen-bond donors (Lipinski definition) is 0. The Morgan fingerprint density at radius 1 is 1.16 bits per heavy atom. The third kappa shape index (κ3) is 2.82. The first-order valence-electron chi connectivity index (χ1n) is 7.37. The van der Waals surface area contributed by atoms with Crippen LogP contribution >= 0.6 is 0 Å². The average molecular weight is 266 g/mol. The lowest BCUT2D eigenvalue weighted by atomic mass is 10.0. The summed E-state index contributed by atoms with van der Waals surface area (Å²) in [7, 11) is 0. The van der Waals surface area contributed by atoms with Crippen LogP contribution in [-0.2, 0) is 14.3 Å². The van der Waals surface area contributed by atoms with Gasteiger partial charge in [-0.15, -0.1) is 0 Å². The van der Waals surface area contributed by atoms with Crippen molar-refractivity contribution >= 4 is 11.7 Å². The Hall–Kier alpha value is -0.940. The molecule has 0 aromatic heterocycles. The van der Waals surface area contributed by atoms with E-state index in [4.69, 9.17) is 4.74 Å². The Labute approximate surface area is 113 Å². The summed E-state index contributed by atoms with van der Waals surface area (Å²) in [6.45, 7) is 3.59. The summed E-state index contributed by atoms with van der Waals surface area (Å²) in [5.41, 5.74) is 0. The number of Topliss-reactive ketones (excluding diaryl/α,β-unsaturated/α-hetero) is 1. The van der Waals surface area contributed by atoms with Crippen molar-refractivity contribution < 1.29 is 14.3 Å². The van der Waals surface area contributed by atoms with E-state index in [1.807, 2.05) is 4.90 Å². The topological polar surface area (TPSA) is 49.9 Å². The first-order chi connectivity index (χ1) is 9.24. The number of nitrogens with zero attached hydrogens (tertiary/aromatic N) is 2. The Bertz CT molecular complexity index is 350. The van der Waals surface area contributed by atoms with Crippen LogP contribution < -0.4 is 0 Å². The molecule has 0 aromatic carbocycles. The molecule has 1 amide bonds. The third-order valence-electron chi connectivity index (χ3n) is 4.65. The summed E-state index contributed by atoms with van der Waals surface area (Å²) in [6, 6.07) is 0.812. The minimum Gasteiger partial charge on any atom is -0.378 e. The molecule has 5 heteroatoms. The number of fused-ring (bicyclic) bond motifs is 2. The lowest BCUT2D eigenvalue weighted by molar-refractivity contribution is -0.135. The Morgan fingerprint density at radius 2 is 1.79 bits per heavy atom. The van der Waals surface area contributed by atoms with Gasteiger partial charge in [-0.1, -0.05) is 0 Å². The van der Waals surface area contributed by atoms with E-state index in [2.05, 4.69) is 4.90 Å². The van der Waals surface area contributed by atoms with Crippen molar-refractivity contribution in [3.05, 3.63) is 0 Å². The monoisotopic (exact) mass is 266 g/mol. The molecule has 2 unspecified atom stereocenters. The van der Waals surface area contributed by atoms with Gasteiger partial charge < -0.3 is 9.64 Å². The van der Waals surface area contributed by atoms with Gasteiger partial charge in [0, 0.05) is 51.0 Å². The van der Waals surface area contributed by atoms with Crippen LogP contribution in [0.3, 0.4) is 0 Å². The van der Waals surface area contributed by atoms with E-state index in [1.165, 1.54) is 0 Å². The molecule has 2 atom stereocenters. The van der Waals surface area contributed by atoms with Crippen molar-refractivity contribution in [2.75, 3.05) is 32.8 Å². The summed E-state index contributed by atoms with van der Waals surface area (Å²) in [5, 5.41) is 0. The number of ketones is 1. The highest BCUT2D eigenvalue weighted by molar-refractivity contribution is 5.81. The van der Waals surface area contributed by atoms with Crippen LogP contribution in [0.2, 0.25) is 0 Å². The molecule has 3 rings (SSSR count). The standard InChI is InChI=1S/C14H22N2O3/c17-13-9-11-1-2-12(10-13)16(11)4-3-14(18)15-5-7-19-8-6-15/h11-12H,1-10H2. The van der Waals surface area contributed by atoms with Crippen LogP contribution in [0.25, 0.3) is 0 Å². The van der Waals surface area contributed by atoms with Crippen LogP contribution in [0.15, 0.2) is 0 Å². The zero-order valence-electron chi connectivity index (χ0n) is 11.3. The molecule has 106 valence electrons. The van der Waals surface area contributed by atoms with Gasteiger partial charge in [-0.25, -0.2) is 0 Å². The van der Waals surface area contributed by atoms with Gasteiger partial charge in [0.1, 0.15) is 5.78 Å². The maximum atomic E-state index is 12.1. The van der Waals surface area contributed by atoms with Crippen LogP contribution in [0.1, 0.15) is 32.1 Å². The molecule has 0 saturated carbocycles. The molecule has 0 aromatic rings. The fraction of sp³-hybridized carbons (Fsp3) is 0.857. The van der Waals surface area contributed by atoms with Crippen molar-refractivity contribution in [3.63, 3.8) is 0 Å². The molecule has 0 radical (unpaired) electrons. The summed E-state index contributed by atoms with van der Waals surface area (Å²) in [4.78, 5) is 28.0. The number of amides is 1. The Kier molecular flexibility index (Phi) is 3.84. The normalized spacial score (nSPS) is 31.8. The van der Waals surface area contributed by atoms with E-state index in [0.717, 1.165) is 32.5 Å². The van der Waals surface area contributed by atoms with E-state index in [9.17, 15) is 9.59 Å². The second kappa shape index (κ2) is 5.59. The number of hydrogen-bond acceptors (Lipinski definition) is 4. The van der Waals surface area contributed by atoms with E-state index in [1.54, 1.807) is 0 Å². The van der Waals surface area contributed by atoms with Crippen molar-refractivity contribution in [3.8, 4) is 0 Å². The lowest BCUT2D eigenvalue weighted by Gasteiger charge is -2.34. The quantitative estimate of drug-likeness (QED) is 0.743. The first kappa shape index (κ1) is 13.1. The minimum absolute atomic E-state index is 0.236. The van der Waals surface area contributed by atoms with Crippen LogP contribution in [-0.4, -0.2) is 66.4 Å². The molecular weight excluding hydrogens is 244 g/mol. The molecular formula is C14H22N2O3. The average Bonchev–Trinajstić information content (AvgIpc) is 2.67. The van der Waals surface area contributed by atoms with Crippen molar-refractivity contribution in [1.29, 1.82) is 0 Å². The van der Waals surface area contributed by atoms with Crippen LogP contribution in [0.4, 0.5) is 0 Å². The van der Waals surface area contributed by atoms with E-state index in [0.29, 0.717) is 50.3 Å². The Balaban J connectivity index is 1.49. The van der Waals surface area contributed by atoms with E-state index in [-0.39, 0.29) is 5.91 Å². The number of morpholine rings is 1. The van der Waals surface area contributed by atoms with Crippen molar-refractivity contribution in [2.24, 2.45) is 0 Å². The third-order valence-corrected chi connectivity index (χ3v) is 4.65. The highest BCUT2D eigenvalue weighted by Crippen LogP contribution is 2.33. The molecule has 3 heterocycles. The fourth-order valence-corrected chi connectivity index (χ4v) is 3.62. The number of rotatable bonds is 3. The summed E-state index contributed by atoms with van der Waals surface area (Å²) < 4.78 is 5.26. The summed E-state index contributed by atoms with van der Waals surface area (Å²) in [6.07, 6.45) is 4.23. The predicted octanol–water partition coefficient (Wildman–Crippen LogP) is 0.431. The smallest absolute Gasteiger partial charge is 0.224 e. The number of ether oxygens (including phenoxy) is 1. The van der Waals surface area contributed by atoms with Gasteiger partial charge in [0.15, 0.2) is 0 Å². The largest absolute Gasteiger partial charge is 0.378 e. The molecule has 3 aliphatic heterocycles. The lowest BCUT2D eigenvalue weighted by Crippen LogP contribution is -2.46. The number of carbonyl (C=O) groups is 2. The molecule has 19 heavy (non-hydrogen) atoms. The molecule has 3 aliphatic rings. The molecule has 0 spiro atoms. The van der Waals surface area contributed by atoms with Crippen LogP contribution in [0, 0.1) is 0 Å². The zero-order valence-corrected chi connectivity index (χ0v) is 11.3. The minimum atomic E-state index is 0.236. The van der Waals surface area contributed by atoms with Gasteiger partial charge in [-0.2, -0.15) is 0 Å². The Morgan fingerprint density at radius 3 is 2.42 bits per heavy atom. The number of piperidine rings is 1. The fourth-order valence-electron chi connectivity index (χ4n) is 3.62. The van der Waals surface area contributed by atoms with Gasteiger partial charge in [-0.05, 0) is 12.8 Å². The summed E-state index contributed by atoms with van der Waals surface area (Å²) >= 11 is 0. The molecule has 2 bridgehead atoms. The SMILES string of the molecule is O=C1CC2CCC(C1)N2CCC(=O)N1CCOCC1. The predicted molar refractivity (Wildman–Crippen MR) is 69.8 cm³/mol. The highest BCUT2D eigenvalue weighted by Gasteiger charge is 2.39. The molecule has 0 N–H and O–H groups in total. The highest BCUT2D eigenvalue weighted by atomic mass is 16.5. The maximum Gasteiger partial charge on any atom is 0.224 e. The second-order valence-electron chi connectivity index (χ2n) is 5.81. The molecule has 3 fully saturated rings. The van der Waals surface area contributed by atoms with Crippen LogP contribution in [0.5, 0.6) is 0 Å². The van der Waals surface area contributed by atoms with Gasteiger partial charge in [0.05, 0.1) is 13.2 Å². The van der Waals surface area contributed by atoms with Crippen molar-refractivity contribution in [1.82, 2.24) is 9.80 Å². The van der Waals surface area contributed by atoms with Crippen molar-refractivity contribution in [2.45, 2.75) is 44.2 Å². The molecule has 5 nitrogen and oxygen atoms in total. The number of carbonyl (C=O) groups excluding carboxylic acids is 2. The van der Waals surface area contributed by atoms with Gasteiger partial charge in [0.25, 0.3) is 0 Å². The van der Waals surface area contributed by atoms with Gasteiger partial charge in [0.2, 0.25) is 5.91 Å². The maximum absolute atomic E-state index is 12.1.